The van der Waals surface area contributed by atoms with E-state index in [2.05, 4.69) is 15.6 Å². The minimum atomic E-state index is -1.42. The number of fused-ring (bicyclic) bond motifs is 1. The molecule has 0 aliphatic heterocycles. The summed E-state index contributed by atoms with van der Waals surface area (Å²) in [4.78, 5) is 53.2. The van der Waals surface area contributed by atoms with E-state index in [1.54, 1.807) is 36.4 Å². The van der Waals surface area contributed by atoms with E-state index >= 15 is 0 Å². The molecule has 41 heavy (non-hydrogen) atoms. The molecular weight excluding hydrogens is 546 g/mol. The highest BCUT2D eigenvalue weighted by Crippen LogP contribution is 2.26. The molecule has 10 nitrogen and oxygen atoms in total. The average Bonchev–Trinajstić information content (AvgIpc) is 3.41. The van der Waals surface area contributed by atoms with Gasteiger partial charge in [-0.2, -0.15) is 0 Å². The second kappa shape index (κ2) is 11.8. The Labute approximate surface area is 237 Å². The molecule has 204 valence electrons. The number of nitrogens with zero attached hydrogens (tertiary/aromatic N) is 1. The number of carbonyl (C=O) groups excluding carboxylic acids is 2. The van der Waals surface area contributed by atoms with Crippen molar-refractivity contribution in [2.75, 3.05) is 16.4 Å². The summed E-state index contributed by atoms with van der Waals surface area (Å²) < 4.78 is 5.78. The molecule has 4 aromatic carbocycles. The highest BCUT2D eigenvalue weighted by molar-refractivity contribution is 8.00. The van der Waals surface area contributed by atoms with E-state index in [1.807, 2.05) is 36.4 Å². The van der Waals surface area contributed by atoms with E-state index in [1.165, 1.54) is 11.8 Å². The van der Waals surface area contributed by atoms with Crippen LogP contribution in [0.1, 0.15) is 31.1 Å². The smallest absolute Gasteiger partial charge is 0.336 e. The molecule has 0 aliphatic rings. The lowest BCUT2D eigenvalue weighted by molar-refractivity contribution is -0.113. The lowest BCUT2D eigenvalue weighted by Gasteiger charge is -2.10. The van der Waals surface area contributed by atoms with E-state index in [0.717, 1.165) is 29.3 Å². The molecule has 0 saturated carbocycles. The molecule has 0 unspecified atom stereocenters. The lowest BCUT2D eigenvalue weighted by atomic mass is 10.0. The number of nitrogens with one attached hydrogen (secondary N) is 2. The van der Waals surface area contributed by atoms with Crippen molar-refractivity contribution in [2.24, 2.45) is 0 Å². The van der Waals surface area contributed by atoms with Gasteiger partial charge in [0.15, 0.2) is 5.58 Å². The van der Waals surface area contributed by atoms with E-state index in [9.17, 15) is 24.3 Å². The van der Waals surface area contributed by atoms with Crippen LogP contribution in [0, 0.1) is 0 Å². The molecule has 0 bridgehead atoms. The molecule has 1 heterocycles. The van der Waals surface area contributed by atoms with Crippen molar-refractivity contribution in [1.29, 1.82) is 0 Å². The number of carboxylic acids is 2. The quantitative estimate of drug-likeness (QED) is 0.160. The molecule has 0 radical (unpaired) electrons. The highest BCUT2D eigenvalue weighted by atomic mass is 32.2. The van der Waals surface area contributed by atoms with Crippen LogP contribution in [0.5, 0.6) is 0 Å². The van der Waals surface area contributed by atoms with Crippen LogP contribution in [0.2, 0.25) is 0 Å². The van der Waals surface area contributed by atoms with Crippen molar-refractivity contribution in [3.63, 3.8) is 0 Å². The van der Waals surface area contributed by atoms with Crippen LogP contribution in [0.25, 0.3) is 22.6 Å². The van der Waals surface area contributed by atoms with Crippen molar-refractivity contribution in [2.45, 2.75) is 4.90 Å². The van der Waals surface area contributed by atoms with Gasteiger partial charge in [-0.1, -0.05) is 18.2 Å². The number of aromatic nitrogens is 1. The molecule has 5 rings (SSSR count). The summed E-state index contributed by atoms with van der Waals surface area (Å²) in [7, 11) is 0. The fourth-order valence-electron chi connectivity index (χ4n) is 3.95. The molecule has 0 aliphatic carbocycles. The monoisotopic (exact) mass is 567 g/mol. The summed E-state index contributed by atoms with van der Waals surface area (Å²) >= 11 is 1.25. The van der Waals surface area contributed by atoms with Gasteiger partial charge in [0.1, 0.15) is 5.52 Å². The number of carboxylic acid groups (broad SMARTS) is 2. The summed E-state index contributed by atoms with van der Waals surface area (Å²) in [5.74, 6) is -3.07. The molecule has 1 aromatic heterocycles. The molecule has 0 fully saturated rings. The first-order chi connectivity index (χ1) is 19.8. The molecule has 2 amide bonds. The number of hydrogen-bond donors (Lipinski definition) is 4. The van der Waals surface area contributed by atoms with Gasteiger partial charge in [0.25, 0.3) is 5.91 Å². The van der Waals surface area contributed by atoms with Crippen molar-refractivity contribution in [3.8, 4) is 11.5 Å². The first kappa shape index (κ1) is 27.2. The maximum absolute atomic E-state index is 12.8. The minimum Gasteiger partial charge on any atom is -0.478 e. The fraction of sp³-hybridized carbons (Fsp3) is 0.0333. The topological polar surface area (TPSA) is 159 Å². The Bertz CT molecular complexity index is 1760. The highest BCUT2D eigenvalue weighted by Gasteiger charge is 2.19. The number of oxazole rings is 1. The zero-order valence-corrected chi connectivity index (χ0v) is 22.0. The Morgan fingerprint density at radius 3 is 2.27 bits per heavy atom. The van der Waals surface area contributed by atoms with Gasteiger partial charge in [0.05, 0.1) is 22.4 Å². The van der Waals surface area contributed by atoms with Crippen LogP contribution in [-0.4, -0.2) is 44.7 Å². The predicted molar refractivity (Wildman–Crippen MR) is 154 cm³/mol. The Morgan fingerprint density at radius 2 is 1.54 bits per heavy atom. The van der Waals surface area contributed by atoms with E-state index in [0.29, 0.717) is 27.7 Å². The van der Waals surface area contributed by atoms with Crippen LogP contribution in [0.4, 0.5) is 11.4 Å². The SMILES string of the molecule is O=C(CSc1cccc(NC(=O)c2ccc(C(=O)O)cc2C(=O)O)c1)Nc1ccc(-c2nc3ccccc3o2)cc1. The second-order valence-electron chi connectivity index (χ2n) is 8.75. The van der Waals surface area contributed by atoms with Gasteiger partial charge >= 0.3 is 11.9 Å². The van der Waals surface area contributed by atoms with Crippen molar-refractivity contribution in [1.82, 2.24) is 4.98 Å². The zero-order valence-electron chi connectivity index (χ0n) is 21.2. The Morgan fingerprint density at radius 1 is 0.756 bits per heavy atom. The molecule has 11 heteroatoms. The van der Waals surface area contributed by atoms with Gasteiger partial charge in [0.2, 0.25) is 11.8 Å². The van der Waals surface area contributed by atoms with Gasteiger partial charge in [-0.15, -0.1) is 11.8 Å². The van der Waals surface area contributed by atoms with Crippen LogP contribution in [0.3, 0.4) is 0 Å². The van der Waals surface area contributed by atoms with E-state index < -0.39 is 23.4 Å². The van der Waals surface area contributed by atoms with Crippen molar-refractivity contribution >= 4 is 58.0 Å². The van der Waals surface area contributed by atoms with Gasteiger partial charge < -0.3 is 25.3 Å². The summed E-state index contributed by atoms with van der Waals surface area (Å²) in [6.07, 6.45) is 0. The normalized spacial score (nSPS) is 10.7. The predicted octanol–water partition coefficient (Wildman–Crippen LogP) is 5.87. The van der Waals surface area contributed by atoms with Crippen LogP contribution >= 0.6 is 11.8 Å². The van der Waals surface area contributed by atoms with Crippen LogP contribution < -0.4 is 10.6 Å². The summed E-state index contributed by atoms with van der Waals surface area (Å²) in [6, 6.07) is 24.6. The van der Waals surface area contributed by atoms with Gasteiger partial charge in [0, 0.05) is 21.8 Å². The Kier molecular flexibility index (Phi) is 7.79. The molecular formula is C30H21N3O7S. The standard InChI is InChI=1S/C30H21N3O7S/c34-26(31-19-11-8-17(9-12-19)28-33-24-6-1-2-7-25(24)40-28)16-41-21-5-3-4-20(15-21)32-27(35)22-13-10-18(29(36)37)14-23(22)30(38)39/h1-15H,16H2,(H,31,34)(H,32,35)(H,36,37)(H,38,39). The second-order valence-corrected chi connectivity index (χ2v) is 9.80. The summed E-state index contributed by atoms with van der Waals surface area (Å²) in [5.41, 5.74) is 2.39. The summed E-state index contributed by atoms with van der Waals surface area (Å²) in [6.45, 7) is 0. The third-order valence-corrected chi connectivity index (χ3v) is 6.91. The number of anilines is 2. The first-order valence-corrected chi connectivity index (χ1v) is 13.2. The molecule has 0 atom stereocenters. The zero-order chi connectivity index (χ0) is 28.9. The molecule has 4 N–H and O–H groups in total. The van der Waals surface area contributed by atoms with Crippen LogP contribution in [0.15, 0.2) is 100 Å². The maximum atomic E-state index is 12.8. The number of benzene rings is 4. The van der Waals surface area contributed by atoms with Crippen LogP contribution in [-0.2, 0) is 4.79 Å². The third-order valence-electron chi connectivity index (χ3n) is 5.91. The van der Waals surface area contributed by atoms with Crippen molar-refractivity contribution < 1.29 is 33.8 Å². The lowest BCUT2D eigenvalue weighted by Crippen LogP contribution is -2.17. The number of thioether (sulfide) groups is 1. The molecule has 0 spiro atoms. The Hall–Kier alpha value is -5.42. The number of carbonyl (C=O) groups is 4. The van der Waals surface area contributed by atoms with E-state index in [4.69, 9.17) is 9.52 Å². The van der Waals surface area contributed by atoms with Gasteiger partial charge in [-0.05, 0) is 72.8 Å². The number of amides is 2. The fourth-order valence-corrected chi connectivity index (χ4v) is 4.71. The largest absolute Gasteiger partial charge is 0.478 e. The number of rotatable bonds is 9. The van der Waals surface area contributed by atoms with Gasteiger partial charge in [-0.25, -0.2) is 14.6 Å². The Balaban J connectivity index is 1.18. The average molecular weight is 568 g/mol. The molecule has 0 saturated heterocycles. The minimum absolute atomic E-state index is 0.101. The number of hydrogen-bond acceptors (Lipinski definition) is 7. The van der Waals surface area contributed by atoms with Gasteiger partial charge in [-0.3, -0.25) is 9.59 Å². The first-order valence-electron chi connectivity index (χ1n) is 12.2. The van der Waals surface area contributed by atoms with Crippen molar-refractivity contribution in [3.05, 3.63) is 108 Å². The third kappa shape index (κ3) is 6.43. The number of para-hydroxylation sites is 2. The number of aromatic carboxylic acids is 2. The summed E-state index contributed by atoms with van der Waals surface area (Å²) in [5, 5.41) is 24.0. The maximum Gasteiger partial charge on any atom is 0.336 e. The van der Waals surface area contributed by atoms with E-state index in [-0.39, 0.29) is 22.8 Å². The molecule has 5 aromatic rings.